The van der Waals surface area contributed by atoms with Gasteiger partial charge in [-0.2, -0.15) is 4.98 Å². The van der Waals surface area contributed by atoms with E-state index in [1.807, 2.05) is 25.1 Å². The highest BCUT2D eigenvalue weighted by atomic mass is 16.5. The van der Waals surface area contributed by atoms with Crippen LogP contribution in [0.3, 0.4) is 0 Å². The van der Waals surface area contributed by atoms with E-state index in [-0.39, 0.29) is 0 Å². The van der Waals surface area contributed by atoms with Crippen LogP contribution in [0.4, 0.5) is 5.69 Å². The summed E-state index contributed by atoms with van der Waals surface area (Å²) in [5.74, 6) is 1.54. The summed E-state index contributed by atoms with van der Waals surface area (Å²) in [6, 6.07) is 5.68. The van der Waals surface area contributed by atoms with Gasteiger partial charge in [-0.3, -0.25) is 4.79 Å². The molecule has 0 radical (unpaired) electrons. The zero-order valence-corrected chi connectivity index (χ0v) is 10.5. The first-order valence-corrected chi connectivity index (χ1v) is 6.13. The number of aryl methyl sites for hydroxylation is 1. The fraction of sp³-hybridized carbons (Fsp3) is 0.308. The molecule has 6 heteroatoms. The van der Waals surface area contributed by atoms with Gasteiger partial charge in [0.25, 0.3) is 0 Å². The molecule has 1 saturated heterocycles. The summed E-state index contributed by atoms with van der Waals surface area (Å²) in [6.07, 6.45) is 0.661. The smallest absolute Gasteiger partial charge is 0.232 e. The molecule has 1 amide bonds. The van der Waals surface area contributed by atoms with Crippen LogP contribution in [0.2, 0.25) is 0 Å². The summed E-state index contributed by atoms with van der Waals surface area (Å²) in [4.78, 5) is 14.9. The summed E-state index contributed by atoms with van der Waals surface area (Å²) in [6.45, 7) is 3.69. The molecule has 2 aromatic rings. The largest absolute Gasteiger partial charge is 0.339 e. The summed E-state index contributed by atoms with van der Waals surface area (Å²) >= 11 is 0. The number of hydrogen-bond acceptors (Lipinski definition) is 5. The SMILES string of the molecule is Cc1ccc(-c2noc(C3CNC3)n2)cc1NC=O. The summed E-state index contributed by atoms with van der Waals surface area (Å²) in [5, 5.41) is 9.82. The maximum absolute atomic E-state index is 10.5. The van der Waals surface area contributed by atoms with E-state index in [4.69, 9.17) is 4.52 Å². The molecule has 1 aromatic carbocycles. The van der Waals surface area contributed by atoms with Gasteiger partial charge in [0.15, 0.2) is 0 Å². The average molecular weight is 258 g/mol. The van der Waals surface area contributed by atoms with Crippen molar-refractivity contribution in [3.8, 4) is 11.4 Å². The maximum atomic E-state index is 10.5. The van der Waals surface area contributed by atoms with E-state index in [0.717, 1.165) is 29.9 Å². The van der Waals surface area contributed by atoms with E-state index in [1.54, 1.807) is 0 Å². The zero-order valence-electron chi connectivity index (χ0n) is 10.5. The molecule has 0 saturated carbocycles. The van der Waals surface area contributed by atoms with Gasteiger partial charge < -0.3 is 15.2 Å². The van der Waals surface area contributed by atoms with Gasteiger partial charge >= 0.3 is 0 Å². The molecule has 0 bridgehead atoms. The Morgan fingerprint density at radius 1 is 1.47 bits per heavy atom. The molecular weight excluding hydrogens is 244 g/mol. The van der Waals surface area contributed by atoms with Crippen molar-refractivity contribution < 1.29 is 9.32 Å². The van der Waals surface area contributed by atoms with Gasteiger partial charge in [0.2, 0.25) is 18.1 Å². The minimum Gasteiger partial charge on any atom is -0.339 e. The van der Waals surface area contributed by atoms with Crippen LogP contribution in [0.15, 0.2) is 22.7 Å². The Hall–Kier alpha value is -2.21. The van der Waals surface area contributed by atoms with Crippen LogP contribution in [0, 0.1) is 6.92 Å². The Morgan fingerprint density at radius 2 is 2.32 bits per heavy atom. The summed E-state index contributed by atoms with van der Waals surface area (Å²) < 4.78 is 5.26. The lowest BCUT2D eigenvalue weighted by molar-refractivity contribution is -0.105. The number of nitrogens with one attached hydrogen (secondary N) is 2. The second-order valence-corrected chi connectivity index (χ2v) is 4.60. The number of aromatic nitrogens is 2. The molecule has 6 nitrogen and oxygen atoms in total. The Bertz CT molecular complexity index is 604. The topological polar surface area (TPSA) is 80.1 Å². The maximum Gasteiger partial charge on any atom is 0.232 e. The lowest BCUT2D eigenvalue weighted by atomic mass is 10.0. The van der Waals surface area contributed by atoms with Crippen molar-refractivity contribution >= 4 is 12.1 Å². The van der Waals surface area contributed by atoms with E-state index in [2.05, 4.69) is 20.8 Å². The molecule has 2 N–H and O–H groups in total. The van der Waals surface area contributed by atoms with Gasteiger partial charge in [0, 0.05) is 24.3 Å². The summed E-state index contributed by atoms with van der Waals surface area (Å²) in [5.41, 5.74) is 2.57. The predicted molar refractivity (Wildman–Crippen MR) is 69.8 cm³/mol. The number of rotatable bonds is 4. The lowest BCUT2D eigenvalue weighted by Gasteiger charge is -2.22. The Labute approximate surface area is 110 Å². The van der Waals surface area contributed by atoms with Crippen molar-refractivity contribution in [1.82, 2.24) is 15.5 Å². The number of hydrogen-bond donors (Lipinski definition) is 2. The molecule has 2 heterocycles. The molecule has 0 aliphatic carbocycles. The van der Waals surface area contributed by atoms with Gasteiger partial charge in [-0.25, -0.2) is 0 Å². The van der Waals surface area contributed by atoms with Gasteiger partial charge in [0.05, 0.1) is 5.92 Å². The minimum absolute atomic E-state index is 0.319. The molecule has 1 aliphatic rings. The first-order chi connectivity index (χ1) is 9.28. The normalized spacial score (nSPS) is 15.0. The Kier molecular flexibility index (Phi) is 3.00. The lowest BCUT2D eigenvalue weighted by Crippen LogP contribution is -2.40. The molecular formula is C13H14N4O2. The highest BCUT2D eigenvalue weighted by molar-refractivity contribution is 5.76. The van der Waals surface area contributed by atoms with Gasteiger partial charge in [-0.15, -0.1) is 0 Å². The van der Waals surface area contributed by atoms with Crippen molar-refractivity contribution in [2.24, 2.45) is 0 Å². The molecule has 1 fully saturated rings. The first-order valence-electron chi connectivity index (χ1n) is 6.13. The second-order valence-electron chi connectivity index (χ2n) is 4.60. The van der Waals surface area contributed by atoms with Gasteiger partial charge in [0.1, 0.15) is 0 Å². The molecule has 1 aliphatic heterocycles. The molecule has 98 valence electrons. The molecule has 0 unspecified atom stereocenters. The molecule has 0 spiro atoms. The molecule has 1 aromatic heterocycles. The van der Waals surface area contributed by atoms with E-state index in [1.165, 1.54) is 0 Å². The number of benzene rings is 1. The highest BCUT2D eigenvalue weighted by Gasteiger charge is 2.25. The third-order valence-corrected chi connectivity index (χ3v) is 3.28. The van der Waals surface area contributed by atoms with Crippen LogP contribution >= 0.6 is 0 Å². The van der Waals surface area contributed by atoms with Crippen LogP contribution in [-0.4, -0.2) is 29.6 Å². The molecule has 19 heavy (non-hydrogen) atoms. The van der Waals surface area contributed by atoms with Crippen LogP contribution in [-0.2, 0) is 4.79 Å². The van der Waals surface area contributed by atoms with Gasteiger partial charge in [-0.05, 0) is 18.6 Å². The molecule has 3 rings (SSSR count). The Morgan fingerprint density at radius 3 is 3.00 bits per heavy atom. The fourth-order valence-electron chi connectivity index (χ4n) is 1.96. The predicted octanol–water partition coefficient (Wildman–Crippen LogP) is 1.30. The van der Waals surface area contributed by atoms with E-state index in [0.29, 0.717) is 24.0 Å². The monoisotopic (exact) mass is 258 g/mol. The van der Waals surface area contributed by atoms with Crippen LogP contribution in [0.5, 0.6) is 0 Å². The van der Waals surface area contributed by atoms with Crippen molar-refractivity contribution in [3.05, 3.63) is 29.7 Å². The van der Waals surface area contributed by atoms with E-state index in [9.17, 15) is 4.79 Å². The minimum atomic E-state index is 0.319. The third kappa shape index (κ3) is 2.22. The van der Waals surface area contributed by atoms with Crippen LogP contribution in [0.25, 0.3) is 11.4 Å². The van der Waals surface area contributed by atoms with Crippen molar-refractivity contribution in [2.45, 2.75) is 12.8 Å². The van der Waals surface area contributed by atoms with E-state index < -0.39 is 0 Å². The van der Waals surface area contributed by atoms with Crippen molar-refractivity contribution in [1.29, 1.82) is 0 Å². The number of amides is 1. The first kappa shape index (κ1) is 11.9. The standard InChI is InChI=1S/C13H14N4O2/c1-8-2-3-9(4-11(8)15-7-18)12-16-13(19-17-12)10-5-14-6-10/h2-4,7,10,14H,5-6H2,1H3,(H,15,18). The Balaban J connectivity index is 1.90. The van der Waals surface area contributed by atoms with Crippen LogP contribution in [0.1, 0.15) is 17.4 Å². The molecule has 0 atom stereocenters. The zero-order chi connectivity index (χ0) is 13.2. The van der Waals surface area contributed by atoms with Gasteiger partial charge in [-0.1, -0.05) is 17.3 Å². The number of nitrogens with zero attached hydrogens (tertiary/aromatic N) is 2. The van der Waals surface area contributed by atoms with Crippen molar-refractivity contribution in [2.75, 3.05) is 18.4 Å². The number of carbonyl (C=O) groups excluding carboxylic acids is 1. The van der Waals surface area contributed by atoms with Crippen LogP contribution < -0.4 is 10.6 Å². The second kappa shape index (κ2) is 4.81. The quantitative estimate of drug-likeness (QED) is 0.808. The van der Waals surface area contributed by atoms with Crippen molar-refractivity contribution in [3.63, 3.8) is 0 Å². The third-order valence-electron chi connectivity index (χ3n) is 3.28. The van der Waals surface area contributed by atoms with E-state index >= 15 is 0 Å². The number of anilines is 1. The number of carbonyl (C=O) groups is 1. The fourth-order valence-corrected chi connectivity index (χ4v) is 1.96. The summed E-state index contributed by atoms with van der Waals surface area (Å²) in [7, 11) is 0. The highest BCUT2D eigenvalue weighted by Crippen LogP contribution is 2.25. The average Bonchev–Trinajstić information content (AvgIpc) is 2.79.